The number of sulfone groups is 1. The number of nitrogens with zero attached hydrogens (tertiary/aromatic N) is 2. The maximum absolute atomic E-state index is 13.2. The summed E-state index contributed by atoms with van der Waals surface area (Å²) >= 11 is 11.9. The minimum Gasteiger partial charge on any atom is -0.304 e. The Morgan fingerprint density at radius 1 is 1.11 bits per heavy atom. The third kappa shape index (κ3) is 5.81. The van der Waals surface area contributed by atoms with Crippen molar-refractivity contribution in [1.82, 2.24) is 9.21 Å². The third-order valence-corrected chi connectivity index (χ3v) is 9.30. The summed E-state index contributed by atoms with van der Waals surface area (Å²) in [6.45, 7) is 6.88. The van der Waals surface area contributed by atoms with Gasteiger partial charge in [-0.25, -0.2) is 16.8 Å². The molecule has 6 nitrogen and oxygen atoms in total. The SMILES string of the molecule is CCN(CC)CCCN([C@@H]1CCS(=O)(=O)C1)S(=O)(=O)c1ccc(Cl)c(Cl)c1. The number of halogens is 2. The fraction of sp³-hybridized carbons (Fsp3) is 0.647. The first-order valence-corrected chi connectivity index (χ1v) is 13.0. The summed E-state index contributed by atoms with van der Waals surface area (Å²) in [6.07, 6.45) is 0.937. The summed E-state index contributed by atoms with van der Waals surface area (Å²) in [7, 11) is -7.09. The van der Waals surface area contributed by atoms with Crippen LogP contribution in [0.3, 0.4) is 0 Å². The molecule has 1 atom stereocenters. The van der Waals surface area contributed by atoms with Gasteiger partial charge in [-0.05, 0) is 50.7 Å². The lowest BCUT2D eigenvalue weighted by atomic mass is 10.2. The monoisotopic (exact) mass is 456 g/mol. The van der Waals surface area contributed by atoms with Crippen molar-refractivity contribution in [2.24, 2.45) is 0 Å². The van der Waals surface area contributed by atoms with Crippen molar-refractivity contribution in [3.8, 4) is 0 Å². The number of hydrogen-bond acceptors (Lipinski definition) is 5. The van der Waals surface area contributed by atoms with Gasteiger partial charge in [-0.15, -0.1) is 0 Å². The molecule has 10 heteroatoms. The largest absolute Gasteiger partial charge is 0.304 e. The molecule has 0 amide bonds. The Balaban J connectivity index is 2.28. The Kier molecular flexibility index (Phi) is 7.98. The second-order valence-electron chi connectivity index (χ2n) is 6.63. The van der Waals surface area contributed by atoms with Gasteiger partial charge in [0.2, 0.25) is 10.0 Å². The number of sulfonamides is 1. The van der Waals surface area contributed by atoms with Gasteiger partial charge in [0.1, 0.15) is 0 Å². The summed E-state index contributed by atoms with van der Waals surface area (Å²) in [5.74, 6) is -0.125. The molecule has 0 spiro atoms. The average molecular weight is 457 g/mol. The standard InChI is InChI=1S/C17H26Cl2N2O4S2/c1-3-20(4-2)9-5-10-21(14-8-11-26(22,23)13-14)27(24,25)15-6-7-16(18)17(19)12-15/h6-7,12,14H,3-5,8-11,13H2,1-2H3/t14-/m1/s1. The van der Waals surface area contributed by atoms with Crippen LogP contribution >= 0.6 is 23.2 Å². The zero-order valence-electron chi connectivity index (χ0n) is 15.6. The molecule has 27 heavy (non-hydrogen) atoms. The van der Waals surface area contributed by atoms with Gasteiger partial charge < -0.3 is 4.90 Å². The molecule has 1 aliphatic rings. The number of hydrogen-bond donors (Lipinski definition) is 0. The summed E-state index contributed by atoms with van der Waals surface area (Å²) in [5.41, 5.74) is 0. The molecule has 0 radical (unpaired) electrons. The van der Waals surface area contributed by atoms with Gasteiger partial charge in [0.15, 0.2) is 9.84 Å². The summed E-state index contributed by atoms with van der Waals surface area (Å²) < 4.78 is 51.6. The van der Waals surface area contributed by atoms with Crippen molar-refractivity contribution in [1.29, 1.82) is 0 Å². The Labute approximate surface area is 172 Å². The van der Waals surface area contributed by atoms with Gasteiger partial charge in [0.25, 0.3) is 0 Å². The lowest BCUT2D eigenvalue weighted by molar-refractivity contribution is 0.269. The predicted octanol–water partition coefficient (Wildman–Crippen LogP) is 2.90. The van der Waals surface area contributed by atoms with Gasteiger partial charge in [0, 0.05) is 12.6 Å². The lowest BCUT2D eigenvalue weighted by Gasteiger charge is -2.28. The van der Waals surface area contributed by atoms with Crippen molar-refractivity contribution in [2.75, 3.05) is 37.7 Å². The van der Waals surface area contributed by atoms with E-state index < -0.39 is 25.9 Å². The maximum Gasteiger partial charge on any atom is 0.243 e. The highest BCUT2D eigenvalue weighted by Gasteiger charge is 2.38. The van der Waals surface area contributed by atoms with E-state index >= 15 is 0 Å². The fourth-order valence-corrected chi connectivity index (χ4v) is 7.17. The van der Waals surface area contributed by atoms with Crippen LogP contribution in [0.25, 0.3) is 0 Å². The van der Waals surface area contributed by atoms with Gasteiger partial charge in [-0.2, -0.15) is 4.31 Å². The minimum atomic E-state index is -3.88. The molecule has 0 unspecified atom stereocenters. The van der Waals surface area contributed by atoms with Crippen LogP contribution in [0.2, 0.25) is 10.0 Å². The van der Waals surface area contributed by atoms with Crippen molar-refractivity contribution >= 4 is 43.1 Å². The Morgan fingerprint density at radius 3 is 2.30 bits per heavy atom. The highest BCUT2D eigenvalue weighted by atomic mass is 35.5. The van der Waals surface area contributed by atoms with Gasteiger partial charge in [0.05, 0.1) is 26.4 Å². The van der Waals surface area contributed by atoms with E-state index in [4.69, 9.17) is 23.2 Å². The molecule has 0 saturated carbocycles. The van der Waals surface area contributed by atoms with Crippen molar-refractivity contribution in [2.45, 2.75) is 37.6 Å². The molecule has 0 aromatic heterocycles. The third-order valence-electron chi connectivity index (χ3n) is 4.86. The zero-order chi connectivity index (χ0) is 20.2. The Morgan fingerprint density at radius 2 is 1.78 bits per heavy atom. The molecule has 2 rings (SSSR count). The first kappa shape index (κ1) is 22.9. The average Bonchev–Trinajstić information content (AvgIpc) is 2.96. The van der Waals surface area contributed by atoms with Gasteiger partial charge in [-0.1, -0.05) is 37.0 Å². The van der Waals surface area contributed by atoms with Crippen LogP contribution < -0.4 is 0 Å². The lowest BCUT2D eigenvalue weighted by Crippen LogP contribution is -2.42. The Bertz CT molecular complexity index is 856. The van der Waals surface area contributed by atoms with E-state index in [1.54, 1.807) is 0 Å². The summed E-state index contributed by atoms with van der Waals surface area (Å²) in [5, 5.41) is 0.423. The molecule has 1 fully saturated rings. The first-order valence-electron chi connectivity index (χ1n) is 9.00. The molecule has 154 valence electrons. The second kappa shape index (κ2) is 9.41. The predicted molar refractivity (Wildman–Crippen MR) is 110 cm³/mol. The van der Waals surface area contributed by atoms with E-state index in [1.807, 2.05) is 0 Å². The molecule has 1 saturated heterocycles. The normalized spacial score (nSPS) is 19.9. The molecular weight excluding hydrogens is 431 g/mol. The van der Waals surface area contributed by atoms with Crippen LogP contribution in [-0.2, 0) is 19.9 Å². The van der Waals surface area contributed by atoms with Crippen LogP contribution in [-0.4, -0.2) is 69.8 Å². The number of rotatable bonds is 9. The van der Waals surface area contributed by atoms with Crippen LogP contribution in [0.15, 0.2) is 23.1 Å². The summed E-state index contributed by atoms with van der Waals surface area (Å²) in [6, 6.07) is 3.62. The highest BCUT2D eigenvalue weighted by molar-refractivity contribution is 7.92. The first-order chi connectivity index (χ1) is 12.6. The Hall–Kier alpha value is -0.380. The molecule has 1 aromatic rings. The number of benzene rings is 1. The van der Waals surface area contributed by atoms with Crippen molar-refractivity contribution < 1.29 is 16.8 Å². The van der Waals surface area contributed by atoms with E-state index in [1.165, 1.54) is 22.5 Å². The van der Waals surface area contributed by atoms with Crippen LogP contribution in [0.1, 0.15) is 26.7 Å². The van der Waals surface area contributed by atoms with Crippen LogP contribution in [0, 0.1) is 0 Å². The van der Waals surface area contributed by atoms with Crippen LogP contribution in [0.5, 0.6) is 0 Å². The van der Waals surface area contributed by atoms with Crippen LogP contribution in [0.4, 0.5) is 0 Å². The molecule has 1 heterocycles. The van der Waals surface area contributed by atoms with E-state index in [-0.39, 0.29) is 33.0 Å². The van der Waals surface area contributed by atoms with E-state index in [0.29, 0.717) is 12.8 Å². The minimum absolute atomic E-state index is 0.0150. The van der Waals surface area contributed by atoms with E-state index in [2.05, 4.69) is 18.7 Å². The maximum atomic E-state index is 13.2. The smallest absolute Gasteiger partial charge is 0.243 e. The van der Waals surface area contributed by atoms with Gasteiger partial charge in [-0.3, -0.25) is 0 Å². The quantitative estimate of drug-likeness (QED) is 0.570. The zero-order valence-corrected chi connectivity index (χ0v) is 18.7. The van der Waals surface area contributed by atoms with Crippen molar-refractivity contribution in [3.05, 3.63) is 28.2 Å². The molecule has 0 aliphatic carbocycles. The molecule has 0 bridgehead atoms. The highest BCUT2D eigenvalue weighted by Crippen LogP contribution is 2.29. The molecule has 1 aromatic carbocycles. The van der Waals surface area contributed by atoms with E-state index in [0.717, 1.165) is 19.6 Å². The fourth-order valence-electron chi connectivity index (χ4n) is 3.26. The molecule has 0 N–H and O–H groups in total. The molecular formula is C17H26Cl2N2O4S2. The van der Waals surface area contributed by atoms with Crippen molar-refractivity contribution in [3.63, 3.8) is 0 Å². The second-order valence-corrected chi connectivity index (χ2v) is 11.6. The van der Waals surface area contributed by atoms with E-state index in [9.17, 15) is 16.8 Å². The molecule has 1 aliphatic heterocycles. The summed E-state index contributed by atoms with van der Waals surface area (Å²) in [4.78, 5) is 2.24. The van der Waals surface area contributed by atoms with Gasteiger partial charge >= 0.3 is 0 Å². The topological polar surface area (TPSA) is 74.8 Å².